The van der Waals surface area contributed by atoms with Crippen LogP contribution >= 0.6 is 0 Å². The van der Waals surface area contributed by atoms with Crippen molar-refractivity contribution in [2.75, 3.05) is 0 Å². The molecule has 0 aromatic heterocycles. The summed E-state index contributed by atoms with van der Waals surface area (Å²) in [4.78, 5) is 22.6. The summed E-state index contributed by atoms with van der Waals surface area (Å²) >= 11 is 0. The van der Waals surface area contributed by atoms with E-state index in [-0.39, 0.29) is 11.8 Å². The van der Waals surface area contributed by atoms with Crippen molar-refractivity contribution in [2.24, 2.45) is 5.92 Å². The topological polar surface area (TPSA) is 46.2 Å². The summed E-state index contributed by atoms with van der Waals surface area (Å²) in [6.07, 6.45) is 6.83. The maximum absolute atomic E-state index is 11.6. The van der Waals surface area contributed by atoms with Gasteiger partial charge in [-0.2, -0.15) is 0 Å². The molecule has 3 nitrogen and oxygen atoms in total. The Bertz CT molecular complexity index is 241. The minimum Gasteiger partial charge on any atom is -0.354 e. The van der Waals surface area contributed by atoms with E-state index < -0.39 is 0 Å². The van der Waals surface area contributed by atoms with Crippen LogP contribution in [0.3, 0.4) is 0 Å². The Labute approximate surface area is 112 Å². The van der Waals surface area contributed by atoms with E-state index in [4.69, 9.17) is 0 Å². The number of carbonyl (C=O) groups excluding carboxylic acids is 2. The van der Waals surface area contributed by atoms with Crippen molar-refractivity contribution in [2.45, 2.75) is 78.7 Å². The van der Waals surface area contributed by atoms with Gasteiger partial charge < -0.3 is 5.32 Å². The normalized spacial score (nSPS) is 24.0. The molecule has 18 heavy (non-hydrogen) atoms. The van der Waals surface area contributed by atoms with E-state index in [1.807, 2.05) is 20.8 Å². The van der Waals surface area contributed by atoms with Crippen LogP contribution in [0.5, 0.6) is 0 Å². The van der Waals surface area contributed by atoms with Gasteiger partial charge in [0.15, 0.2) is 0 Å². The highest BCUT2D eigenvalue weighted by atomic mass is 16.1. The molecule has 1 rings (SSSR count). The molecule has 1 aliphatic carbocycles. The zero-order valence-corrected chi connectivity index (χ0v) is 12.4. The second kappa shape index (κ2) is 10.1. The van der Waals surface area contributed by atoms with Crippen LogP contribution < -0.4 is 5.32 Å². The van der Waals surface area contributed by atoms with Gasteiger partial charge in [-0.15, -0.1) is 0 Å². The van der Waals surface area contributed by atoms with E-state index in [9.17, 15) is 9.59 Å². The third kappa shape index (κ3) is 6.77. The van der Waals surface area contributed by atoms with Gasteiger partial charge in [0.05, 0.1) is 0 Å². The fourth-order valence-electron chi connectivity index (χ4n) is 2.55. The molecule has 0 saturated heterocycles. The Hall–Kier alpha value is -0.860. The van der Waals surface area contributed by atoms with Gasteiger partial charge in [0, 0.05) is 25.3 Å². The summed E-state index contributed by atoms with van der Waals surface area (Å²) in [5, 5.41) is 2.98. The van der Waals surface area contributed by atoms with Crippen LogP contribution in [0.1, 0.15) is 72.6 Å². The quantitative estimate of drug-likeness (QED) is 0.839. The predicted octanol–water partition coefficient (Wildman–Crippen LogP) is 3.47. The minimum absolute atomic E-state index is 0.0618. The lowest BCUT2D eigenvalue weighted by atomic mass is 9.86. The van der Waals surface area contributed by atoms with Gasteiger partial charge in [-0.05, 0) is 25.7 Å². The summed E-state index contributed by atoms with van der Waals surface area (Å²) in [6.45, 7) is 7.52. The SMILES string of the molecule is CC.CCC(=O)C1CCCC(NC(C)=O)CCC1. The lowest BCUT2D eigenvalue weighted by molar-refractivity contribution is -0.123. The second-order valence-electron chi connectivity index (χ2n) is 4.78. The highest BCUT2D eigenvalue weighted by molar-refractivity contribution is 5.80. The molecular weight excluding hydrogens is 226 g/mol. The van der Waals surface area contributed by atoms with Gasteiger partial charge >= 0.3 is 0 Å². The van der Waals surface area contributed by atoms with Crippen LogP contribution in [0.25, 0.3) is 0 Å². The van der Waals surface area contributed by atoms with Crippen molar-refractivity contribution in [3.05, 3.63) is 0 Å². The maximum Gasteiger partial charge on any atom is 0.217 e. The molecule has 0 aliphatic heterocycles. The Balaban J connectivity index is 0.00000137. The number of amides is 1. The number of hydrogen-bond donors (Lipinski definition) is 1. The lowest BCUT2D eigenvalue weighted by Gasteiger charge is -2.24. The molecule has 0 aromatic carbocycles. The monoisotopic (exact) mass is 255 g/mol. The standard InChI is InChI=1S/C13H23NO2.C2H6/c1-3-13(16)11-6-4-8-12(9-5-7-11)14-10(2)15;1-2/h11-12H,3-9H2,1-2H3,(H,14,15);1-2H3. The lowest BCUT2D eigenvalue weighted by Crippen LogP contribution is -2.34. The number of Topliss-reactive ketones (excluding diaryl/α,β-unsaturated/α-hetero) is 1. The molecule has 0 aromatic rings. The minimum atomic E-state index is 0.0618. The molecule has 1 saturated carbocycles. The van der Waals surface area contributed by atoms with Gasteiger partial charge in [-0.1, -0.05) is 33.6 Å². The Morgan fingerprint density at radius 2 is 1.56 bits per heavy atom. The van der Waals surface area contributed by atoms with Crippen molar-refractivity contribution in [1.29, 1.82) is 0 Å². The zero-order chi connectivity index (χ0) is 14.0. The molecule has 1 fully saturated rings. The fourth-order valence-corrected chi connectivity index (χ4v) is 2.55. The molecule has 0 spiro atoms. The Morgan fingerprint density at radius 1 is 1.06 bits per heavy atom. The summed E-state index contributed by atoms with van der Waals surface area (Å²) in [6, 6.07) is 0.329. The number of nitrogens with one attached hydrogen (secondary N) is 1. The summed E-state index contributed by atoms with van der Waals surface area (Å²) in [5.74, 6) is 0.757. The fraction of sp³-hybridized carbons (Fsp3) is 0.867. The van der Waals surface area contributed by atoms with Gasteiger partial charge in [0.1, 0.15) is 5.78 Å². The van der Waals surface area contributed by atoms with Gasteiger partial charge in [0.2, 0.25) is 5.91 Å². The molecular formula is C15H29NO2. The predicted molar refractivity (Wildman–Crippen MR) is 75.4 cm³/mol. The average molecular weight is 255 g/mol. The Morgan fingerprint density at radius 3 is 1.94 bits per heavy atom. The van der Waals surface area contributed by atoms with Crippen molar-refractivity contribution in [1.82, 2.24) is 5.32 Å². The van der Waals surface area contributed by atoms with Crippen molar-refractivity contribution in [3.63, 3.8) is 0 Å². The van der Waals surface area contributed by atoms with Gasteiger partial charge in [0.25, 0.3) is 0 Å². The van der Waals surface area contributed by atoms with Crippen LogP contribution in [0.15, 0.2) is 0 Å². The molecule has 1 amide bonds. The second-order valence-corrected chi connectivity index (χ2v) is 4.78. The first-order valence-electron chi connectivity index (χ1n) is 7.43. The van der Waals surface area contributed by atoms with Crippen LogP contribution in [0.4, 0.5) is 0 Å². The van der Waals surface area contributed by atoms with E-state index in [1.54, 1.807) is 6.92 Å². The zero-order valence-electron chi connectivity index (χ0n) is 12.4. The van der Waals surface area contributed by atoms with Crippen LogP contribution in [0.2, 0.25) is 0 Å². The third-order valence-electron chi connectivity index (χ3n) is 3.42. The highest BCUT2D eigenvalue weighted by Crippen LogP contribution is 2.24. The first-order valence-corrected chi connectivity index (χ1v) is 7.43. The summed E-state index contributed by atoms with van der Waals surface area (Å²) < 4.78 is 0. The summed E-state index contributed by atoms with van der Waals surface area (Å²) in [7, 11) is 0. The van der Waals surface area contributed by atoms with Crippen LogP contribution in [-0.4, -0.2) is 17.7 Å². The van der Waals surface area contributed by atoms with Crippen molar-refractivity contribution in [3.8, 4) is 0 Å². The molecule has 0 radical (unpaired) electrons. The van der Waals surface area contributed by atoms with Crippen LogP contribution in [-0.2, 0) is 9.59 Å². The molecule has 0 heterocycles. The van der Waals surface area contributed by atoms with Crippen LogP contribution in [0, 0.1) is 5.92 Å². The van der Waals surface area contributed by atoms with E-state index in [1.165, 1.54) is 0 Å². The van der Waals surface area contributed by atoms with Crippen molar-refractivity contribution < 1.29 is 9.59 Å². The average Bonchev–Trinajstić information content (AvgIpc) is 2.33. The number of hydrogen-bond acceptors (Lipinski definition) is 2. The van der Waals surface area contributed by atoms with Crippen molar-refractivity contribution >= 4 is 11.7 Å². The molecule has 106 valence electrons. The molecule has 0 bridgehead atoms. The first-order chi connectivity index (χ1) is 8.63. The van der Waals surface area contributed by atoms with E-state index in [0.29, 0.717) is 18.2 Å². The molecule has 0 unspecified atom stereocenters. The number of rotatable bonds is 3. The Kier molecular flexibility index (Phi) is 9.62. The molecule has 1 N–H and O–H groups in total. The van der Waals surface area contributed by atoms with Gasteiger partial charge in [-0.25, -0.2) is 0 Å². The largest absolute Gasteiger partial charge is 0.354 e. The van der Waals surface area contributed by atoms with Gasteiger partial charge in [-0.3, -0.25) is 9.59 Å². The molecule has 1 aliphatic rings. The maximum atomic E-state index is 11.6. The smallest absolute Gasteiger partial charge is 0.217 e. The third-order valence-corrected chi connectivity index (χ3v) is 3.42. The summed E-state index contributed by atoms with van der Waals surface area (Å²) in [5.41, 5.74) is 0. The van der Waals surface area contributed by atoms with E-state index >= 15 is 0 Å². The number of carbonyl (C=O) groups is 2. The first kappa shape index (κ1) is 17.1. The highest BCUT2D eigenvalue weighted by Gasteiger charge is 2.21. The van der Waals surface area contributed by atoms with E-state index in [0.717, 1.165) is 38.5 Å². The molecule has 3 heteroatoms. The molecule has 0 atom stereocenters. The van der Waals surface area contributed by atoms with E-state index in [2.05, 4.69) is 5.32 Å². The number of ketones is 1.